The summed E-state index contributed by atoms with van der Waals surface area (Å²) >= 11 is 1.28. The second-order valence-electron chi connectivity index (χ2n) is 8.06. The van der Waals surface area contributed by atoms with Crippen molar-refractivity contribution in [1.82, 2.24) is 29.4 Å². The minimum Gasteiger partial charge on any atom is -0.493 e. The summed E-state index contributed by atoms with van der Waals surface area (Å²) in [7, 11) is 3.19. The van der Waals surface area contributed by atoms with E-state index in [-0.39, 0.29) is 5.56 Å². The predicted octanol–water partition coefficient (Wildman–Crippen LogP) is 3.63. The monoisotopic (exact) mass is 508 g/mol. The summed E-state index contributed by atoms with van der Waals surface area (Å²) < 4.78 is 14.5. The van der Waals surface area contributed by atoms with E-state index in [0.717, 1.165) is 22.4 Å². The summed E-state index contributed by atoms with van der Waals surface area (Å²) in [5.41, 5.74) is 3.75. The number of aromatic nitrogens is 6. The van der Waals surface area contributed by atoms with Crippen LogP contribution in [0.4, 0.5) is 0 Å². The number of nitrogens with zero attached hydrogens (tertiary/aromatic N) is 6. The minimum atomic E-state index is -0.237. The van der Waals surface area contributed by atoms with Gasteiger partial charge in [-0.25, -0.2) is 4.68 Å². The Morgan fingerprint density at radius 1 is 0.892 bits per heavy atom. The van der Waals surface area contributed by atoms with Crippen LogP contribution < -0.4 is 19.6 Å². The molecular formula is C27H20N6O3S. The van der Waals surface area contributed by atoms with E-state index in [1.165, 1.54) is 15.9 Å². The Bertz CT molecular complexity index is 1830. The molecule has 0 unspecified atom stereocenters. The van der Waals surface area contributed by atoms with Crippen LogP contribution in [0.3, 0.4) is 0 Å². The Hall–Kier alpha value is -4.83. The van der Waals surface area contributed by atoms with Gasteiger partial charge in [0.05, 0.1) is 24.4 Å². The maximum atomic E-state index is 13.2. The van der Waals surface area contributed by atoms with Crippen molar-refractivity contribution in [3.05, 3.63) is 99.7 Å². The summed E-state index contributed by atoms with van der Waals surface area (Å²) in [6.07, 6.45) is 7.07. The smallest absolute Gasteiger partial charge is 0.291 e. The number of para-hydroxylation sites is 1. The molecule has 0 saturated carbocycles. The number of thiazole rings is 1. The van der Waals surface area contributed by atoms with Crippen molar-refractivity contribution >= 4 is 22.4 Å². The van der Waals surface area contributed by atoms with Crippen molar-refractivity contribution in [3.8, 4) is 39.8 Å². The summed E-state index contributed by atoms with van der Waals surface area (Å²) in [5.74, 6) is 1.70. The van der Waals surface area contributed by atoms with E-state index in [1.807, 2.05) is 72.9 Å². The van der Waals surface area contributed by atoms with Crippen molar-refractivity contribution in [2.24, 2.45) is 0 Å². The van der Waals surface area contributed by atoms with Crippen LogP contribution in [-0.4, -0.2) is 43.6 Å². The van der Waals surface area contributed by atoms with Crippen molar-refractivity contribution in [1.29, 1.82) is 0 Å². The first-order chi connectivity index (χ1) is 18.1. The summed E-state index contributed by atoms with van der Waals surface area (Å²) in [5, 5.41) is 9.27. The number of hydrogen-bond acceptors (Lipinski definition) is 8. The zero-order valence-corrected chi connectivity index (χ0v) is 20.7. The Kier molecular flexibility index (Phi) is 5.70. The number of pyridine rings is 1. The molecule has 0 aliphatic rings. The molecule has 6 rings (SSSR count). The second kappa shape index (κ2) is 9.32. The average Bonchev–Trinajstić information content (AvgIpc) is 3.64. The Balaban J connectivity index is 1.50. The molecule has 0 N–H and O–H groups in total. The van der Waals surface area contributed by atoms with Gasteiger partial charge in [-0.2, -0.15) is 14.6 Å². The Morgan fingerprint density at radius 3 is 2.41 bits per heavy atom. The SMILES string of the molecule is COc1ccc(-c2nn(-c3ccccc3)cc2/C=c2\sc3nc(-c4ccncc4)nn3c2=O)cc1OC. The van der Waals surface area contributed by atoms with E-state index in [1.54, 1.807) is 31.3 Å². The third-order valence-corrected chi connectivity index (χ3v) is 6.79. The molecule has 0 saturated heterocycles. The molecule has 0 amide bonds. The van der Waals surface area contributed by atoms with Gasteiger partial charge >= 0.3 is 0 Å². The lowest BCUT2D eigenvalue weighted by molar-refractivity contribution is 0.355. The second-order valence-corrected chi connectivity index (χ2v) is 9.07. The highest BCUT2D eigenvalue weighted by Crippen LogP contribution is 2.33. The molecular weight excluding hydrogens is 488 g/mol. The zero-order chi connectivity index (χ0) is 25.4. The molecule has 0 atom stereocenters. The molecule has 9 nitrogen and oxygen atoms in total. The maximum absolute atomic E-state index is 13.2. The number of rotatable bonds is 6. The van der Waals surface area contributed by atoms with Crippen LogP contribution >= 0.6 is 11.3 Å². The van der Waals surface area contributed by atoms with Gasteiger partial charge < -0.3 is 9.47 Å². The number of hydrogen-bond donors (Lipinski definition) is 0. The molecule has 0 radical (unpaired) electrons. The van der Waals surface area contributed by atoms with Crippen LogP contribution in [0.1, 0.15) is 5.56 Å². The van der Waals surface area contributed by atoms with Gasteiger partial charge in [-0.15, -0.1) is 5.10 Å². The normalized spacial score (nSPS) is 11.8. The van der Waals surface area contributed by atoms with Crippen LogP contribution in [0.5, 0.6) is 11.5 Å². The number of fused-ring (bicyclic) bond motifs is 1. The number of ether oxygens (including phenoxy) is 2. The van der Waals surface area contributed by atoms with E-state index >= 15 is 0 Å². The van der Waals surface area contributed by atoms with Gasteiger partial charge in [0.15, 0.2) is 17.3 Å². The van der Waals surface area contributed by atoms with Crippen LogP contribution in [0.2, 0.25) is 0 Å². The van der Waals surface area contributed by atoms with E-state index in [9.17, 15) is 4.79 Å². The highest BCUT2D eigenvalue weighted by Gasteiger charge is 2.16. The van der Waals surface area contributed by atoms with E-state index in [4.69, 9.17) is 14.6 Å². The highest BCUT2D eigenvalue weighted by molar-refractivity contribution is 7.15. The lowest BCUT2D eigenvalue weighted by Gasteiger charge is -2.09. The fourth-order valence-corrected chi connectivity index (χ4v) is 4.91. The van der Waals surface area contributed by atoms with Gasteiger partial charge in [0.2, 0.25) is 4.96 Å². The van der Waals surface area contributed by atoms with Crippen molar-refractivity contribution in [3.63, 3.8) is 0 Å². The zero-order valence-electron chi connectivity index (χ0n) is 19.9. The van der Waals surface area contributed by atoms with Gasteiger partial charge in [0.25, 0.3) is 5.56 Å². The third kappa shape index (κ3) is 4.13. The standard InChI is InChI=1S/C27H20N6O3S/c1-35-21-9-8-18(14-22(21)36-2)24-19(16-32(30-24)20-6-4-3-5-7-20)15-23-26(34)33-27(37-23)29-25(31-33)17-10-12-28-13-11-17/h3-16H,1-2H3/b23-15-. The number of benzene rings is 2. The summed E-state index contributed by atoms with van der Waals surface area (Å²) in [6.45, 7) is 0. The van der Waals surface area contributed by atoms with E-state index in [0.29, 0.717) is 32.5 Å². The van der Waals surface area contributed by atoms with Crippen molar-refractivity contribution < 1.29 is 9.47 Å². The minimum absolute atomic E-state index is 0.237. The first-order valence-corrected chi connectivity index (χ1v) is 12.2. The summed E-state index contributed by atoms with van der Waals surface area (Å²) in [6, 6.07) is 19.0. The lowest BCUT2D eigenvalue weighted by Crippen LogP contribution is -2.23. The molecule has 6 aromatic rings. The first kappa shape index (κ1) is 22.6. The van der Waals surface area contributed by atoms with Crippen molar-refractivity contribution in [2.75, 3.05) is 14.2 Å². The van der Waals surface area contributed by atoms with Gasteiger partial charge in [0, 0.05) is 35.3 Å². The molecule has 2 aromatic carbocycles. The van der Waals surface area contributed by atoms with E-state index in [2.05, 4.69) is 15.1 Å². The van der Waals surface area contributed by atoms with Gasteiger partial charge in [-0.1, -0.05) is 29.5 Å². The largest absolute Gasteiger partial charge is 0.493 e. The molecule has 0 aliphatic carbocycles. The quantitative estimate of drug-likeness (QED) is 0.339. The molecule has 4 aromatic heterocycles. The molecule has 37 heavy (non-hydrogen) atoms. The molecule has 4 heterocycles. The van der Waals surface area contributed by atoms with E-state index < -0.39 is 0 Å². The van der Waals surface area contributed by atoms with Gasteiger partial charge in [-0.05, 0) is 48.5 Å². The molecule has 0 spiro atoms. The summed E-state index contributed by atoms with van der Waals surface area (Å²) in [4.78, 5) is 22.3. The lowest BCUT2D eigenvalue weighted by atomic mass is 10.1. The first-order valence-electron chi connectivity index (χ1n) is 11.3. The van der Waals surface area contributed by atoms with Crippen LogP contribution in [-0.2, 0) is 0 Å². The molecule has 0 fully saturated rings. The average molecular weight is 509 g/mol. The third-order valence-electron chi connectivity index (χ3n) is 5.83. The molecule has 182 valence electrons. The topological polar surface area (TPSA) is 96.4 Å². The molecule has 0 aliphatic heterocycles. The van der Waals surface area contributed by atoms with Gasteiger partial charge in [-0.3, -0.25) is 9.78 Å². The van der Waals surface area contributed by atoms with Crippen LogP contribution in [0, 0.1) is 0 Å². The van der Waals surface area contributed by atoms with Crippen LogP contribution in [0.25, 0.3) is 39.4 Å². The Morgan fingerprint density at radius 2 is 1.68 bits per heavy atom. The van der Waals surface area contributed by atoms with Crippen molar-refractivity contribution in [2.45, 2.75) is 0 Å². The fraction of sp³-hybridized carbons (Fsp3) is 0.0741. The highest BCUT2D eigenvalue weighted by atomic mass is 32.1. The maximum Gasteiger partial charge on any atom is 0.291 e. The van der Waals surface area contributed by atoms with Crippen LogP contribution in [0.15, 0.2) is 84.0 Å². The fourth-order valence-electron chi connectivity index (χ4n) is 4.01. The predicted molar refractivity (Wildman–Crippen MR) is 141 cm³/mol. The van der Waals surface area contributed by atoms with Gasteiger partial charge in [0.1, 0.15) is 5.69 Å². The number of methoxy groups -OCH3 is 2. The molecule has 0 bridgehead atoms. The Labute approximate surface area is 214 Å². The molecule has 10 heteroatoms.